The molecule has 5 heteroatoms. The van der Waals surface area contributed by atoms with Crippen LogP contribution in [-0.2, 0) is 13.0 Å². The van der Waals surface area contributed by atoms with Gasteiger partial charge in [-0.15, -0.1) is 11.3 Å². The molecule has 0 saturated carbocycles. The maximum atomic E-state index is 13.4. The Morgan fingerprint density at radius 3 is 3.06 bits per heavy atom. The molecular formula is C12H12BrFN2S. The van der Waals surface area contributed by atoms with Crippen molar-refractivity contribution in [1.29, 1.82) is 0 Å². The van der Waals surface area contributed by atoms with Crippen molar-refractivity contribution in [2.24, 2.45) is 0 Å². The van der Waals surface area contributed by atoms with E-state index in [-0.39, 0.29) is 5.82 Å². The summed E-state index contributed by atoms with van der Waals surface area (Å²) < 4.78 is 14.3. The van der Waals surface area contributed by atoms with E-state index in [1.807, 2.05) is 5.38 Å². The van der Waals surface area contributed by atoms with Gasteiger partial charge >= 0.3 is 0 Å². The Kier molecular flexibility index (Phi) is 4.65. The SMILES string of the molecule is Fc1ccc(Br)cc1CNCCc1nccs1. The Bertz CT molecular complexity index is 473. The fourth-order valence-corrected chi connectivity index (χ4v) is 2.50. The zero-order chi connectivity index (χ0) is 12.1. The van der Waals surface area contributed by atoms with Crippen LogP contribution in [0.3, 0.4) is 0 Å². The third-order valence-electron chi connectivity index (χ3n) is 2.32. The minimum Gasteiger partial charge on any atom is -0.312 e. The number of rotatable bonds is 5. The number of benzene rings is 1. The van der Waals surface area contributed by atoms with Gasteiger partial charge in [-0.1, -0.05) is 15.9 Å². The molecule has 2 nitrogen and oxygen atoms in total. The van der Waals surface area contributed by atoms with Crippen molar-refractivity contribution in [2.75, 3.05) is 6.54 Å². The highest BCUT2D eigenvalue weighted by Crippen LogP contribution is 2.15. The van der Waals surface area contributed by atoms with Crippen molar-refractivity contribution < 1.29 is 4.39 Å². The largest absolute Gasteiger partial charge is 0.312 e. The van der Waals surface area contributed by atoms with Crippen molar-refractivity contribution in [3.05, 3.63) is 50.6 Å². The first-order valence-corrected chi connectivity index (χ1v) is 6.96. The average Bonchev–Trinajstić information content (AvgIpc) is 2.82. The Morgan fingerprint density at radius 1 is 1.41 bits per heavy atom. The molecule has 0 radical (unpaired) electrons. The second-order valence-corrected chi connectivity index (χ2v) is 5.48. The summed E-state index contributed by atoms with van der Waals surface area (Å²) in [7, 11) is 0. The molecule has 2 rings (SSSR count). The van der Waals surface area contributed by atoms with Gasteiger partial charge in [0, 0.05) is 41.1 Å². The molecule has 0 bridgehead atoms. The molecule has 0 aliphatic heterocycles. The smallest absolute Gasteiger partial charge is 0.127 e. The predicted molar refractivity (Wildman–Crippen MR) is 71.6 cm³/mol. The lowest BCUT2D eigenvalue weighted by Crippen LogP contribution is -2.17. The topological polar surface area (TPSA) is 24.9 Å². The molecule has 1 aromatic carbocycles. The van der Waals surface area contributed by atoms with E-state index in [0.717, 1.165) is 22.4 Å². The molecule has 90 valence electrons. The molecule has 0 aliphatic carbocycles. The van der Waals surface area contributed by atoms with Gasteiger partial charge in [-0.2, -0.15) is 0 Å². The number of hydrogen-bond acceptors (Lipinski definition) is 3. The van der Waals surface area contributed by atoms with E-state index in [2.05, 4.69) is 26.2 Å². The molecule has 0 atom stereocenters. The zero-order valence-corrected chi connectivity index (χ0v) is 11.5. The lowest BCUT2D eigenvalue weighted by molar-refractivity contribution is 0.588. The fourth-order valence-electron chi connectivity index (χ4n) is 1.47. The standard InChI is InChI=1S/C12H12BrFN2S/c13-10-1-2-11(14)9(7-10)8-15-4-3-12-16-5-6-17-12/h1-2,5-7,15H,3-4,8H2. The molecule has 2 aromatic rings. The summed E-state index contributed by atoms with van der Waals surface area (Å²) >= 11 is 4.98. The van der Waals surface area contributed by atoms with Crippen LogP contribution in [0.25, 0.3) is 0 Å². The fraction of sp³-hybridized carbons (Fsp3) is 0.250. The quantitative estimate of drug-likeness (QED) is 0.856. The van der Waals surface area contributed by atoms with E-state index >= 15 is 0 Å². The number of nitrogens with one attached hydrogen (secondary N) is 1. The van der Waals surface area contributed by atoms with Crippen molar-refractivity contribution >= 4 is 27.3 Å². The lowest BCUT2D eigenvalue weighted by atomic mass is 10.2. The third kappa shape index (κ3) is 3.87. The first-order valence-electron chi connectivity index (χ1n) is 5.29. The van der Waals surface area contributed by atoms with Crippen LogP contribution in [0.2, 0.25) is 0 Å². The summed E-state index contributed by atoms with van der Waals surface area (Å²) in [6, 6.07) is 4.97. The first kappa shape index (κ1) is 12.7. The van der Waals surface area contributed by atoms with Crippen molar-refractivity contribution in [3.8, 4) is 0 Å². The molecule has 0 fully saturated rings. The molecule has 1 aromatic heterocycles. The number of nitrogens with zero attached hydrogens (tertiary/aromatic N) is 1. The maximum Gasteiger partial charge on any atom is 0.127 e. The molecule has 17 heavy (non-hydrogen) atoms. The van der Waals surface area contributed by atoms with E-state index in [9.17, 15) is 4.39 Å². The van der Waals surface area contributed by atoms with Gasteiger partial charge in [0.1, 0.15) is 5.82 Å². The summed E-state index contributed by atoms with van der Waals surface area (Å²) in [4.78, 5) is 4.19. The van der Waals surface area contributed by atoms with Gasteiger partial charge in [0.05, 0.1) is 5.01 Å². The van der Waals surface area contributed by atoms with Crippen LogP contribution in [0.1, 0.15) is 10.6 Å². The zero-order valence-electron chi connectivity index (χ0n) is 9.12. The average molecular weight is 315 g/mol. The van der Waals surface area contributed by atoms with Gasteiger partial charge < -0.3 is 5.32 Å². The molecular weight excluding hydrogens is 303 g/mol. The highest BCUT2D eigenvalue weighted by molar-refractivity contribution is 9.10. The molecule has 0 spiro atoms. The van der Waals surface area contributed by atoms with Crippen LogP contribution < -0.4 is 5.32 Å². The van der Waals surface area contributed by atoms with E-state index < -0.39 is 0 Å². The predicted octanol–water partition coefficient (Wildman–Crippen LogP) is 3.38. The monoisotopic (exact) mass is 314 g/mol. The first-order chi connectivity index (χ1) is 8.25. The highest BCUT2D eigenvalue weighted by Gasteiger charge is 2.02. The Labute approximate surface area is 112 Å². The van der Waals surface area contributed by atoms with Crippen LogP contribution in [0.15, 0.2) is 34.2 Å². The Balaban J connectivity index is 1.80. The summed E-state index contributed by atoms with van der Waals surface area (Å²) in [6.07, 6.45) is 2.68. The summed E-state index contributed by atoms with van der Waals surface area (Å²) in [5.74, 6) is -0.171. The van der Waals surface area contributed by atoms with E-state index in [1.54, 1.807) is 29.7 Å². The Morgan fingerprint density at radius 2 is 2.29 bits per heavy atom. The summed E-state index contributed by atoms with van der Waals surface area (Å²) in [5, 5.41) is 6.28. The number of thiazole rings is 1. The van der Waals surface area contributed by atoms with Crippen LogP contribution in [-0.4, -0.2) is 11.5 Å². The Hall–Kier alpha value is -0.780. The third-order valence-corrected chi connectivity index (χ3v) is 3.65. The summed E-state index contributed by atoms with van der Waals surface area (Å²) in [6.45, 7) is 1.34. The molecule has 0 aliphatic rings. The minimum absolute atomic E-state index is 0.171. The van der Waals surface area contributed by atoms with Gasteiger partial charge in [0.15, 0.2) is 0 Å². The van der Waals surface area contributed by atoms with Crippen LogP contribution in [0.4, 0.5) is 4.39 Å². The van der Waals surface area contributed by atoms with Gasteiger partial charge in [-0.3, -0.25) is 0 Å². The highest BCUT2D eigenvalue weighted by atomic mass is 79.9. The van der Waals surface area contributed by atoms with Gasteiger partial charge in [0.2, 0.25) is 0 Å². The van der Waals surface area contributed by atoms with E-state index in [0.29, 0.717) is 12.1 Å². The molecule has 0 amide bonds. The number of hydrogen-bond donors (Lipinski definition) is 1. The summed E-state index contributed by atoms with van der Waals surface area (Å²) in [5.41, 5.74) is 0.679. The van der Waals surface area contributed by atoms with Crippen molar-refractivity contribution in [1.82, 2.24) is 10.3 Å². The van der Waals surface area contributed by atoms with Crippen molar-refractivity contribution in [2.45, 2.75) is 13.0 Å². The molecule has 1 N–H and O–H groups in total. The second-order valence-electron chi connectivity index (χ2n) is 3.59. The van der Waals surface area contributed by atoms with Crippen LogP contribution >= 0.6 is 27.3 Å². The number of aromatic nitrogens is 1. The number of halogens is 2. The van der Waals surface area contributed by atoms with E-state index in [1.165, 1.54) is 6.07 Å². The lowest BCUT2D eigenvalue weighted by Gasteiger charge is -2.05. The van der Waals surface area contributed by atoms with Gasteiger partial charge in [-0.25, -0.2) is 9.37 Å². The van der Waals surface area contributed by atoms with Gasteiger partial charge in [-0.05, 0) is 18.2 Å². The maximum absolute atomic E-state index is 13.4. The second kappa shape index (κ2) is 6.23. The van der Waals surface area contributed by atoms with Crippen molar-refractivity contribution in [3.63, 3.8) is 0 Å². The van der Waals surface area contributed by atoms with E-state index in [4.69, 9.17) is 0 Å². The van der Waals surface area contributed by atoms with Gasteiger partial charge in [0.25, 0.3) is 0 Å². The van der Waals surface area contributed by atoms with Crippen LogP contribution in [0, 0.1) is 5.82 Å². The molecule has 1 heterocycles. The normalized spacial score (nSPS) is 10.7. The minimum atomic E-state index is -0.171. The van der Waals surface area contributed by atoms with Crippen LogP contribution in [0.5, 0.6) is 0 Å². The molecule has 0 saturated heterocycles. The molecule has 0 unspecified atom stereocenters.